The molecule has 0 radical (unpaired) electrons. The Bertz CT molecular complexity index is 352. The van der Waals surface area contributed by atoms with Gasteiger partial charge in [0.1, 0.15) is 0 Å². The maximum Gasteiger partial charge on any atom is 0.450 e. The van der Waals surface area contributed by atoms with Gasteiger partial charge in [0.2, 0.25) is 6.08 Å². The number of ether oxygens (including phenoxy) is 1. The SMILES string of the molecule is Cc1ccc(OC(=O)N=C=O)cn1. The van der Waals surface area contributed by atoms with Crippen LogP contribution in [0.3, 0.4) is 0 Å². The van der Waals surface area contributed by atoms with E-state index in [4.69, 9.17) is 0 Å². The van der Waals surface area contributed by atoms with Gasteiger partial charge < -0.3 is 4.74 Å². The summed E-state index contributed by atoms with van der Waals surface area (Å²) in [5, 5.41) is 0. The van der Waals surface area contributed by atoms with Crippen molar-refractivity contribution in [2.75, 3.05) is 0 Å². The Hall–Kier alpha value is -2.00. The van der Waals surface area contributed by atoms with Crippen LogP contribution >= 0.6 is 0 Å². The fourth-order valence-corrected chi connectivity index (χ4v) is 0.676. The number of hydrogen-bond acceptors (Lipinski definition) is 4. The van der Waals surface area contributed by atoms with E-state index in [0.717, 1.165) is 11.8 Å². The molecule has 1 heterocycles. The molecule has 0 saturated carbocycles. The van der Waals surface area contributed by atoms with Gasteiger partial charge in [0, 0.05) is 5.69 Å². The monoisotopic (exact) mass is 178 g/mol. The van der Waals surface area contributed by atoms with Gasteiger partial charge >= 0.3 is 6.09 Å². The summed E-state index contributed by atoms with van der Waals surface area (Å²) in [6.07, 6.45) is 1.45. The van der Waals surface area contributed by atoms with Crippen molar-refractivity contribution in [1.82, 2.24) is 4.98 Å². The molecule has 0 fully saturated rings. The fourth-order valence-electron chi connectivity index (χ4n) is 0.676. The maximum atomic E-state index is 10.6. The summed E-state index contributed by atoms with van der Waals surface area (Å²) in [5.74, 6) is 0.245. The van der Waals surface area contributed by atoms with Gasteiger partial charge in [-0.2, -0.15) is 0 Å². The van der Waals surface area contributed by atoms with Gasteiger partial charge in [-0.25, -0.2) is 9.59 Å². The predicted octanol–water partition coefficient (Wildman–Crippen LogP) is 1.22. The number of hydrogen-bond donors (Lipinski definition) is 0. The second kappa shape index (κ2) is 4.13. The van der Waals surface area contributed by atoms with Crippen molar-refractivity contribution in [3.63, 3.8) is 0 Å². The van der Waals surface area contributed by atoms with E-state index in [-0.39, 0.29) is 5.75 Å². The van der Waals surface area contributed by atoms with Crippen molar-refractivity contribution in [1.29, 1.82) is 0 Å². The average molecular weight is 178 g/mol. The Morgan fingerprint density at radius 2 is 2.38 bits per heavy atom. The molecule has 0 aliphatic rings. The molecule has 0 aromatic carbocycles. The van der Waals surface area contributed by atoms with Gasteiger partial charge in [0.15, 0.2) is 5.75 Å². The van der Waals surface area contributed by atoms with Gasteiger partial charge in [-0.1, -0.05) is 4.99 Å². The molecule has 0 aliphatic carbocycles. The van der Waals surface area contributed by atoms with Gasteiger partial charge in [0.25, 0.3) is 0 Å². The van der Waals surface area contributed by atoms with Crippen LogP contribution in [0, 0.1) is 6.92 Å². The number of isocyanates is 1. The molecule has 5 nitrogen and oxygen atoms in total. The Kier molecular flexibility index (Phi) is 2.89. The highest BCUT2D eigenvalue weighted by Crippen LogP contribution is 2.08. The molecule has 0 aliphatic heterocycles. The molecule has 0 atom stereocenters. The van der Waals surface area contributed by atoms with Crippen molar-refractivity contribution >= 4 is 12.2 Å². The minimum atomic E-state index is -0.999. The number of nitrogens with zero attached hydrogens (tertiary/aromatic N) is 2. The standard InChI is InChI=1S/C8H6N2O3/c1-6-2-3-7(4-9-6)13-8(12)10-5-11/h2-4H,1H3. The zero-order chi connectivity index (χ0) is 9.68. The van der Waals surface area contributed by atoms with Crippen LogP contribution in [0.25, 0.3) is 0 Å². The fraction of sp³-hybridized carbons (Fsp3) is 0.125. The van der Waals surface area contributed by atoms with E-state index in [2.05, 4.69) is 14.7 Å². The summed E-state index contributed by atoms with van der Waals surface area (Å²) in [7, 11) is 0. The molecule has 0 bridgehead atoms. The van der Waals surface area contributed by atoms with Crippen LogP contribution in [-0.4, -0.2) is 17.2 Å². The van der Waals surface area contributed by atoms with E-state index >= 15 is 0 Å². The Balaban J connectivity index is 2.69. The van der Waals surface area contributed by atoms with Crippen LogP contribution in [0.2, 0.25) is 0 Å². The third-order valence-electron chi connectivity index (χ3n) is 1.23. The van der Waals surface area contributed by atoms with Crippen molar-refractivity contribution in [3.05, 3.63) is 24.0 Å². The molecule has 5 heteroatoms. The maximum absolute atomic E-state index is 10.6. The van der Waals surface area contributed by atoms with Gasteiger partial charge in [-0.05, 0) is 19.1 Å². The Morgan fingerprint density at radius 3 is 2.92 bits per heavy atom. The van der Waals surface area contributed by atoms with Crippen molar-refractivity contribution in [3.8, 4) is 5.75 Å². The molecule has 1 aromatic heterocycles. The van der Waals surface area contributed by atoms with Crippen LogP contribution in [-0.2, 0) is 4.79 Å². The third-order valence-corrected chi connectivity index (χ3v) is 1.23. The first-order valence-corrected chi connectivity index (χ1v) is 3.44. The lowest BCUT2D eigenvalue weighted by Gasteiger charge is -1.98. The molecular weight excluding hydrogens is 172 g/mol. The molecule has 0 N–H and O–H groups in total. The summed E-state index contributed by atoms with van der Waals surface area (Å²) >= 11 is 0. The molecule has 0 saturated heterocycles. The molecule has 1 amide bonds. The number of pyridine rings is 1. The average Bonchev–Trinajstić information content (AvgIpc) is 2.09. The molecule has 1 rings (SSSR count). The largest absolute Gasteiger partial charge is 0.450 e. The Labute approximate surface area is 74.1 Å². The van der Waals surface area contributed by atoms with E-state index in [9.17, 15) is 9.59 Å². The smallest absolute Gasteiger partial charge is 0.407 e. The first-order valence-electron chi connectivity index (χ1n) is 3.44. The molecular formula is C8H6N2O3. The van der Waals surface area contributed by atoms with Gasteiger partial charge in [-0.3, -0.25) is 4.98 Å². The highest BCUT2D eigenvalue weighted by Gasteiger charge is 2.01. The zero-order valence-electron chi connectivity index (χ0n) is 6.85. The number of carbonyl (C=O) groups excluding carboxylic acids is 2. The topological polar surface area (TPSA) is 68.6 Å². The molecule has 1 aromatic rings. The summed E-state index contributed by atoms with van der Waals surface area (Å²) in [6, 6.07) is 3.23. The van der Waals surface area contributed by atoms with E-state index in [1.807, 2.05) is 0 Å². The first kappa shape index (κ1) is 9.09. The van der Waals surface area contributed by atoms with Crippen LogP contribution in [0.1, 0.15) is 5.69 Å². The lowest BCUT2D eigenvalue weighted by Crippen LogP contribution is -2.01. The van der Waals surface area contributed by atoms with Crippen LogP contribution < -0.4 is 4.74 Å². The van der Waals surface area contributed by atoms with Crippen molar-refractivity contribution in [2.24, 2.45) is 4.99 Å². The number of carbonyl (C=O) groups is 1. The van der Waals surface area contributed by atoms with Gasteiger partial charge in [-0.15, -0.1) is 0 Å². The second-order valence-electron chi connectivity index (χ2n) is 2.21. The summed E-state index contributed by atoms with van der Waals surface area (Å²) in [4.78, 5) is 26.9. The minimum Gasteiger partial charge on any atom is -0.407 e. The van der Waals surface area contributed by atoms with E-state index < -0.39 is 6.09 Å². The van der Waals surface area contributed by atoms with Crippen LogP contribution in [0.15, 0.2) is 23.3 Å². The number of rotatable bonds is 1. The quantitative estimate of drug-likeness (QED) is 0.479. The van der Waals surface area contributed by atoms with Crippen molar-refractivity contribution < 1.29 is 14.3 Å². The lowest BCUT2D eigenvalue weighted by atomic mass is 10.4. The van der Waals surface area contributed by atoms with Crippen LogP contribution in [0.5, 0.6) is 5.75 Å². The van der Waals surface area contributed by atoms with E-state index in [0.29, 0.717) is 0 Å². The number of aromatic nitrogens is 1. The molecule has 13 heavy (non-hydrogen) atoms. The number of amides is 1. The Morgan fingerprint density at radius 1 is 1.62 bits per heavy atom. The normalized spacial score (nSPS) is 8.69. The minimum absolute atomic E-state index is 0.245. The molecule has 0 spiro atoms. The van der Waals surface area contributed by atoms with E-state index in [1.54, 1.807) is 19.1 Å². The van der Waals surface area contributed by atoms with Crippen LogP contribution in [0.4, 0.5) is 4.79 Å². The number of aryl methyl sites for hydroxylation is 1. The molecule has 0 unspecified atom stereocenters. The summed E-state index contributed by atoms with van der Waals surface area (Å²) < 4.78 is 4.58. The lowest BCUT2D eigenvalue weighted by molar-refractivity contribution is 0.211. The van der Waals surface area contributed by atoms with Crippen molar-refractivity contribution in [2.45, 2.75) is 6.92 Å². The summed E-state index contributed by atoms with van der Waals surface area (Å²) in [6.45, 7) is 1.80. The number of aliphatic imine (C=N–C) groups is 1. The highest BCUT2D eigenvalue weighted by atomic mass is 16.5. The van der Waals surface area contributed by atoms with Gasteiger partial charge in [0.05, 0.1) is 6.20 Å². The third kappa shape index (κ3) is 2.84. The predicted molar refractivity (Wildman–Crippen MR) is 43.1 cm³/mol. The second-order valence-corrected chi connectivity index (χ2v) is 2.21. The zero-order valence-corrected chi connectivity index (χ0v) is 6.85. The first-order chi connectivity index (χ1) is 6.22. The summed E-state index contributed by atoms with van der Waals surface area (Å²) in [5.41, 5.74) is 0.804. The molecule has 66 valence electrons. The van der Waals surface area contributed by atoms with E-state index in [1.165, 1.54) is 6.20 Å². The highest BCUT2D eigenvalue weighted by molar-refractivity contribution is 5.76.